The topological polar surface area (TPSA) is 43.1 Å². The van der Waals surface area contributed by atoms with Crippen molar-refractivity contribution in [2.45, 2.75) is 19.8 Å². The number of benzene rings is 1. The van der Waals surface area contributed by atoms with Crippen LogP contribution in [-0.2, 0) is 0 Å². The lowest BCUT2D eigenvalue weighted by atomic mass is 9.89. The van der Waals surface area contributed by atoms with Gasteiger partial charge in [0.05, 0.1) is 0 Å². The normalized spacial score (nSPS) is 13.7. The van der Waals surface area contributed by atoms with Gasteiger partial charge in [0.15, 0.2) is 17.3 Å². The summed E-state index contributed by atoms with van der Waals surface area (Å²) < 4.78 is 5.74. The Hall–Kier alpha value is -2.16. The van der Waals surface area contributed by atoms with Gasteiger partial charge in [0, 0.05) is 17.1 Å². The first-order valence-corrected chi connectivity index (χ1v) is 5.93. The highest BCUT2D eigenvalue weighted by molar-refractivity contribution is 6.32. The first-order valence-electron chi connectivity index (χ1n) is 5.93. The number of carbonyl (C=O) groups excluding carboxylic acids is 1. The molecule has 0 radical (unpaired) electrons. The predicted molar refractivity (Wildman–Crippen MR) is 69.4 cm³/mol. The van der Waals surface area contributed by atoms with Crippen molar-refractivity contribution in [1.29, 1.82) is 0 Å². The summed E-state index contributed by atoms with van der Waals surface area (Å²) in [6.45, 7) is 7.84. The van der Waals surface area contributed by atoms with E-state index in [-0.39, 0.29) is 11.7 Å². The monoisotopic (exact) mass is 239 g/mol. The van der Waals surface area contributed by atoms with Crippen molar-refractivity contribution < 1.29 is 9.21 Å². The average molecular weight is 239 g/mol. The van der Waals surface area contributed by atoms with Gasteiger partial charge in [-0.25, -0.2) is 4.98 Å². The summed E-state index contributed by atoms with van der Waals surface area (Å²) in [6, 6.07) is 7.63. The average Bonchev–Trinajstić information content (AvgIpc) is 2.81. The SMILES string of the molecule is C=C1C(=O)c2nc(C(C)C)oc2-c2ccccc21. The molecular formula is C15H13NO2. The maximum absolute atomic E-state index is 12.2. The third kappa shape index (κ3) is 1.37. The summed E-state index contributed by atoms with van der Waals surface area (Å²) in [5.41, 5.74) is 2.61. The van der Waals surface area contributed by atoms with E-state index >= 15 is 0 Å². The fourth-order valence-electron chi connectivity index (χ4n) is 2.13. The van der Waals surface area contributed by atoms with E-state index in [1.165, 1.54) is 0 Å². The standard InChI is InChI=1S/C15H13NO2/c1-8(2)15-16-12-13(17)9(3)10-6-4-5-7-11(10)14(12)18-15/h4-8H,3H2,1-2H3. The molecule has 0 aliphatic heterocycles. The molecular weight excluding hydrogens is 226 g/mol. The number of nitrogens with zero attached hydrogens (tertiary/aromatic N) is 1. The Bertz CT molecular complexity index is 665. The summed E-state index contributed by atoms with van der Waals surface area (Å²) in [4.78, 5) is 16.5. The summed E-state index contributed by atoms with van der Waals surface area (Å²) in [5, 5.41) is 0. The van der Waals surface area contributed by atoms with Crippen LogP contribution in [0.3, 0.4) is 0 Å². The molecule has 0 bridgehead atoms. The lowest BCUT2D eigenvalue weighted by Crippen LogP contribution is -2.10. The van der Waals surface area contributed by atoms with Crippen LogP contribution < -0.4 is 0 Å². The summed E-state index contributed by atoms with van der Waals surface area (Å²) >= 11 is 0. The Morgan fingerprint density at radius 2 is 1.89 bits per heavy atom. The van der Waals surface area contributed by atoms with E-state index in [1.54, 1.807) is 0 Å². The van der Waals surface area contributed by atoms with E-state index in [4.69, 9.17) is 4.42 Å². The summed E-state index contributed by atoms with van der Waals surface area (Å²) in [7, 11) is 0. The second kappa shape index (κ2) is 3.67. The maximum atomic E-state index is 12.2. The second-order valence-corrected chi connectivity index (χ2v) is 4.74. The van der Waals surface area contributed by atoms with E-state index in [1.807, 2.05) is 38.1 Å². The molecule has 1 aromatic carbocycles. The molecule has 3 rings (SSSR count). The van der Waals surface area contributed by atoms with E-state index in [0.717, 1.165) is 11.1 Å². The van der Waals surface area contributed by atoms with Crippen molar-refractivity contribution >= 4 is 11.4 Å². The van der Waals surface area contributed by atoms with Crippen molar-refractivity contribution in [3.05, 3.63) is 48.0 Å². The maximum Gasteiger partial charge on any atom is 0.215 e. The van der Waals surface area contributed by atoms with Crippen LogP contribution in [0.1, 0.15) is 41.7 Å². The Labute approximate surface area is 105 Å². The van der Waals surface area contributed by atoms with Gasteiger partial charge in [0.2, 0.25) is 5.78 Å². The second-order valence-electron chi connectivity index (χ2n) is 4.74. The Kier molecular flexibility index (Phi) is 2.23. The minimum Gasteiger partial charge on any atom is -0.440 e. The molecule has 0 unspecified atom stereocenters. The number of oxazole rings is 1. The zero-order valence-corrected chi connectivity index (χ0v) is 10.4. The largest absolute Gasteiger partial charge is 0.440 e. The molecule has 18 heavy (non-hydrogen) atoms. The molecule has 0 spiro atoms. The minimum atomic E-state index is -0.139. The molecule has 0 fully saturated rings. The predicted octanol–water partition coefficient (Wildman–Crippen LogP) is 3.67. The number of hydrogen-bond donors (Lipinski definition) is 0. The van der Waals surface area contributed by atoms with Crippen molar-refractivity contribution in [1.82, 2.24) is 4.98 Å². The molecule has 2 aromatic rings. The minimum absolute atomic E-state index is 0.139. The zero-order chi connectivity index (χ0) is 12.9. The molecule has 3 nitrogen and oxygen atoms in total. The number of hydrogen-bond acceptors (Lipinski definition) is 3. The number of Topliss-reactive ketones (excluding diaryl/α,β-unsaturated/α-hetero) is 1. The smallest absolute Gasteiger partial charge is 0.215 e. The Balaban J connectivity index is 2.31. The van der Waals surface area contributed by atoms with Gasteiger partial charge in [0.1, 0.15) is 0 Å². The number of rotatable bonds is 1. The van der Waals surface area contributed by atoms with Gasteiger partial charge < -0.3 is 4.42 Å². The first-order chi connectivity index (χ1) is 8.59. The van der Waals surface area contributed by atoms with E-state index < -0.39 is 0 Å². The van der Waals surface area contributed by atoms with Gasteiger partial charge in [-0.05, 0) is 5.56 Å². The number of allylic oxidation sites excluding steroid dienone is 1. The van der Waals surface area contributed by atoms with Gasteiger partial charge in [-0.3, -0.25) is 4.79 Å². The lowest BCUT2D eigenvalue weighted by molar-refractivity contribution is 0.105. The van der Waals surface area contributed by atoms with Crippen LogP contribution in [0.25, 0.3) is 16.9 Å². The van der Waals surface area contributed by atoms with Crippen molar-refractivity contribution in [3.8, 4) is 11.3 Å². The van der Waals surface area contributed by atoms with Crippen LogP contribution in [0.2, 0.25) is 0 Å². The molecule has 1 aliphatic carbocycles. The van der Waals surface area contributed by atoms with E-state index in [9.17, 15) is 4.79 Å². The highest BCUT2D eigenvalue weighted by Crippen LogP contribution is 2.39. The molecule has 3 heteroatoms. The number of aromatic nitrogens is 1. The third-order valence-electron chi connectivity index (χ3n) is 3.12. The van der Waals surface area contributed by atoms with E-state index in [0.29, 0.717) is 22.9 Å². The molecule has 1 aromatic heterocycles. The van der Waals surface area contributed by atoms with Crippen molar-refractivity contribution in [2.75, 3.05) is 0 Å². The number of carbonyl (C=O) groups is 1. The highest BCUT2D eigenvalue weighted by Gasteiger charge is 2.31. The van der Waals surface area contributed by atoms with E-state index in [2.05, 4.69) is 11.6 Å². The van der Waals surface area contributed by atoms with Crippen LogP contribution in [0, 0.1) is 0 Å². The molecule has 0 amide bonds. The molecule has 1 heterocycles. The highest BCUT2D eigenvalue weighted by atomic mass is 16.4. The Morgan fingerprint density at radius 3 is 2.56 bits per heavy atom. The van der Waals surface area contributed by atoms with Gasteiger partial charge in [-0.1, -0.05) is 44.7 Å². The number of ketones is 1. The fourth-order valence-corrected chi connectivity index (χ4v) is 2.13. The first kappa shape index (κ1) is 11.0. The molecule has 0 saturated carbocycles. The molecule has 0 atom stereocenters. The van der Waals surface area contributed by atoms with Crippen LogP contribution in [0.4, 0.5) is 0 Å². The fraction of sp³-hybridized carbons (Fsp3) is 0.200. The van der Waals surface area contributed by atoms with Gasteiger partial charge >= 0.3 is 0 Å². The molecule has 90 valence electrons. The summed E-state index contributed by atoms with van der Waals surface area (Å²) in [6.07, 6.45) is 0. The number of fused-ring (bicyclic) bond motifs is 3. The van der Waals surface area contributed by atoms with Gasteiger partial charge in [0.25, 0.3) is 0 Å². The van der Waals surface area contributed by atoms with Crippen LogP contribution in [0.15, 0.2) is 35.3 Å². The quantitative estimate of drug-likeness (QED) is 0.713. The molecule has 1 aliphatic rings. The Morgan fingerprint density at radius 1 is 1.22 bits per heavy atom. The molecule has 0 saturated heterocycles. The third-order valence-corrected chi connectivity index (χ3v) is 3.12. The zero-order valence-electron chi connectivity index (χ0n) is 10.4. The van der Waals surface area contributed by atoms with Crippen LogP contribution in [0.5, 0.6) is 0 Å². The van der Waals surface area contributed by atoms with Crippen molar-refractivity contribution in [2.24, 2.45) is 0 Å². The van der Waals surface area contributed by atoms with Gasteiger partial charge in [-0.15, -0.1) is 0 Å². The van der Waals surface area contributed by atoms with Crippen LogP contribution in [-0.4, -0.2) is 10.8 Å². The van der Waals surface area contributed by atoms with Crippen molar-refractivity contribution in [3.63, 3.8) is 0 Å². The van der Waals surface area contributed by atoms with Crippen LogP contribution >= 0.6 is 0 Å². The molecule has 0 N–H and O–H groups in total. The van der Waals surface area contributed by atoms with Gasteiger partial charge in [-0.2, -0.15) is 0 Å². The summed E-state index contributed by atoms with van der Waals surface area (Å²) in [5.74, 6) is 1.19. The lowest BCUT2D eigenvalue weighted by Gasteiger charge is -2.14.